The molecule has 1 aliphatic rings. The number of pyridine rings is 1. The van der Waals surface area contributed by atoms with E-state index in [9.17, 15) is 4.79 Å². The van der Waals surface area contributed by atoms with E-state index in [0.29, 0.717) is 0 Å². The number of carbonyl (C=O) groups is 1. The molecule has 0 saturated heterocycles. The molecule has 25 heavy (non-hydrogen) atoms. The molecule has 2 atom stereocenters. The lowest BCUT2D eigenvalue weighted by atomic mass is 9.77. The van der Waals surface area contributed by atoms with E-state index in [1.54, 1.807) is 12.4 Å². The SMILES string of the molecule is CCc1cccc2c1C(=O)C(c1ccccc1)C(c1ccncc1)N2. The van der Waals surface area contributed by atoms with Crippen LogP contribution < -0.4 is 5.32 Å². The van der Waals surface area contributed by atoms with Crippen molar-refractivity contribution >= 4 is 11.5 Å². The van der Waals surface area contributed by atoms with Crippen LogP contribution in [0.2, 0.25) is 0 Å². The zero-order valence-electron chi connectivity index (χ0n) is 14.1. The minimum Gasteiger partial charge on any atom is -0.377 e. The van der Waals surface area contributed by atoms with Crippen LogP contribution in [0.5, 0.6) is 0 Å². The first kappa shape index (κ1) is 15.6. The molecule has 3 heteroatoms. The summed E-state index contributed by atoms with van der Waals surface area (Å²) in [5.41, 5.74) is 4.98. The van der Waals surface area contributed by atoms with Crippen LogP contribution in [0.15, 0.2) is 73.1 Å². The number of nitrogens with zero attached hydrogens (tertiary/aromatic N) is 1. The molecular formula is C22H20N2O. The molecule has 2 unspecified atom stereocenters. The number of hydrogen-bond acceptors (Lipinski definition) is 3. The van der Waals surface area contributed by atoms with E-state index in [1.165, 1.54) is 0 Å². The van der Waals surface area contributed by atoms with Crippen molar-refractivity contribution in [1.82, 2.24) is 4.98 Å². The van der Waals surface area contributed by atoms with E-state index in [-0.39, 0.29) is 17.7 Å². The number of nitrogens with one attached hydrogen (secondary N) is 1. The van der Waals surface area contributed by atoms with Crippen LogP contribution in [0, 0.1) is 0 Å². The number of anilines is 1. The number of fused-ring (bicyclic) bond motifs is 1. The topological polar surface area (TPSA) is 42.0 Å². The van der Waals surface area contributed by atoms with Crippen molar-refractivity contribution in [3.05, 3.63) is 95.3 Å². The molecule has 3 aromatic rings. The van der Waals surface area contributed by atoms with Gasteiger partial charge in [-0.25, -0.2) is 0 Å². The molecular weight excluding hydrogens is 308 g/mol. The molecule has 4 rings (SSSR count). The number of hydrogen-bond donors (Lipinski definition) is 1. The Bertz CT molecular complexity index is 890. The smallest absolute Gasteiger partial charge is 0.175 e. The van der Waals surface area contributed by atoms with Crippen molar-refractivity contribution < 1.29 is 4.79 Å². The van der Waals surface area contributed by atoms with Crippen LogP contribution in [-0.2, 0) is 6.42 Å². The van der Waals surface area contributed by atoms with Crippen molar-refractivity contribution in [3.63, 3.8) is 0 Å². The summed E-state index contributed by atoms with van der Waals surface area (Å²) in [7, 11) is 0. The predicted molar refractivity (Wildman–Crippen MR) is 99.9 cm³/mol. The Hall–Kier alpha value is -2.94. The molecule has 0 saturated carbocycles. The summed E-state index contributed by atoms with van der Waals surface area (Å²) in [4.78, 5) is 17.6. The number of Topliss-reactive ketones (excluding diaryl/α,β-unsaturated/α-hetero) is 1. The highest BCUT2D eigenvalue weighted by Gasteiger charge is 2.38. The van der Waals surface area contributed by atoms with E-state index in [1.807, 2.05) is 60.7 Å². The van der Waals surface area contributed by atoms with Crippen molar-refractivity contribution in [2.24, 2.45) is 0 Å². The average molecular weight is 328 g/mol. The van der Waals surface area contributed by atoms with Gasteiger partial charge in [0.15, 0.2) is 5.78 Å². The quantitative estimate of drug-likeness (QED) is 0.752. The second-order valence-electron chi connectivity index (χ2n) is 6.35. The maximum absolute atomic E-state index is 13.5. The molecule has 0 aliphatic carbocycles. The first-order chi connectivity index (χ1) is 12.3. The predicted octanol–water partition coefficient (Wildman–Crippen LogP) is 4.78. The van der Waals surface area contributed by atoms with Crippen LogP contribution in [0.25, 0.3) is 0 Å². The van der Waals surface area contributed by atoms with Gasteiger partial charge in [-0.1, -0.05) is 49.4 Å². The van der Waals surface area contributed by atoms with Gasteiger partial charge in [0.05, 0.1) is 12.0 Å². The molecule has 0 bridgehead atoms. The number of benzene rings is 2. The van der Waals surface area contributed by atoms with E-state index in [0.717, 1.165) is 34.4 Å². The Kier molecular flexibility index (Phi) is 4.06. The van der Waals surface area contributed by atoms with Gasteiger partial charge in [-0.2, -0.15) is 0 Å². The summed E-state index contributed by atoms with van der Waals surface area (Å²) < 4.78 is 0. The summed E-state index contributed by atoms with van der Waals surface area (Å²) in [6, 6.07) is 20.0. The average Bonchev–Trinajstić information content (AvgIpc) is 2.68. The number of rotatable bonds is 3. The third-order valence-corrected chi connectivity index (χ3v) is 4.93. The standard InChI is InChI=1S/C22H20N2O/c1-2-15-9-6-10-18-19(15)22(25)20(16-7-4-3-5-8-16)21(24-18)17-11-13-23-14-12-17/h3-14,20-21,24H,2H2,1H3. The van der Waals surface area contributed by atoms with Crippen molar-refractivity contribution in [2.45, 2.75) is 25.3 Å². The molecule has 2 heterocycles. The fourth-order valence-corrected chi connectivity index (χ4v) is 3.71. The van der Waals surface area contributed by atoms with Gasteiger partial charge in [-0.3, -0.25) is 9.78 Å². The summed E-state index contributed by atoms with van der Waals surface area (Å²) in [5, 5.41) is 3.62. The second-order valence-corrected chi connectivity index (χ2v) is 6.35. The zero-order chi connectivity index (χ0) is 17.2. The van der Waals surface area contributed by atoms with Crippen molar-refractivity contribution in [1.29, 1.82) is 0 Å². The maximum atomic E-state index is 13.5. The maximum Gasteiger partial charge on any atom is 0.175 e. The zero-order valence-corrected chi connectivity index (χ0v) is 14.1. The molecule has 124 valence electrons. The Balaban J connectivity index is 1.89. The number of ketones is 1. The van der Waals surface area contributed by atoms with E-state index in [4.69, 9.17) is 0 Å². The molecule has 0 amide bonds. The van der Waals surface area contributed by atoms with Crippen LogP contribution >= 0.6 is 0 Å². The molecule has 0 fully saturated rings. The van der Waals surface area contributed by atoms with Crippen LogP contribution in [-0.4, -0.2) is 10.8 Å². The minimum absolute atomic E-state index is 0.0995. The van der Waals surface area contributed by atoms with Gasteiger partial charge >= 0.3 is 0 Å². The van der Waals surface area contributed by atoms with Gasteiger partial charge in [0.1, 0.15) is 0 Å². The third-order valence-electron chi connectivity index (χ3n) is 4.93. The van der Waals surface area contributed by atoms with Crippen molar-refractivity contribution in [2.75, 3.05) is 5.32 Å². The van der Waals surface area contributed by atoms with Crippen LogP contribution in [0.4, 0.5) is 5.69 Å². The van der Waals surface area contributed by atoms with E-state index in [2.05, 4.69) is 17.2 Å². The van der Waals surface area contributed by atoms with Crippen molar-refractivity contribution in [3.8, 4) is 0 Å². The normalized spacial score (nSPS) is 19.2. The molecule has 2 aromatic carbocycles. The number of aryl methyl sites for hydroxylation is 1. The molecule has 1 aliphatic heterocycles. The lowest BCUT2D eigenvalue weighted by molar-refractivity contribution is 0.0944. The highest BCUT2D eigenvalue weighted by Crippen LogP contribution is 2.43. The highest BCUT2D eigenvalue weighted by atomic mass is 16.1. The Morgan fingerprint density at radius 2 is 1.68 bits per heavy atom. The fraction of sp³-hybridized carbons (Fsp3) is 0.182. The van der Waals surface area contributed by atoms with E-state index >= 15 is 0 Å². The van der Waals surface area contributed by atoms with Gasteiger partial charge in [0.25, 0.3) is 0 Å². The highest BCUT2D eigenvalue weighted by molar-refractivity contribution is 6.09. The van der Waals surface area contributed by atoms with Gasteiger partial charge in [-0.15, -0.1) is 0 Å². The molecule has 3 nitrogen and oxygen atoms in total. The Labute approximate surface area is 147 Å². The summed E-state index contributed by atoms with van der Waals surface area (Å²) in [5.74, 6) is -0.0528. The lowest BCUT2D eigenvalue weighted by Gasteiger charge is -2.35. The van der Waals surface area contributed by atoms with Gasteiger partial charge in [0.2, 0.25) is 0 Å². The first-order valence-electron chi connectivity index (χ1n) is 8.67. The second kappa shape index (κ2) is 6.52. The van der Waals surface area contributed by atoms with Crippen LogP contribution in [0.3, 0.4) is 0 Å². The fourth-order valence-electron chi connectivity index (χ4n) is 3.71. The monoisotopic (exact) mass is 328 g/mol. The molecule has 1 aromatic heterocycles. The Morgan fingerprint density at radius 1 is 0.920 bits per heavy atom. The summed E-state index contributed by atoms with van der Waals surface area (Å²) in [6.45, 7) is 2.09. The summed E-state index contributed by atoms with van der Waals surface area (Å²) in [6.07, 6.45) is 4.40. The molecule has 1 N–H and O–H groups in total. The molecule has 0 radical (unpaired) electrons. The summed E-state index contributed by atoms with van der Waals surface area (Å²) >= 11 is 0. The van der Waals surface area contributed by atoms with Gasteiger partial charge < -0.3 is 5.32 Å². The van der Waals surface area contributed by atoms with Crippen LogP contribution in [0.1, 0.15) is 45.9 Å². The van der Waals surface area contributed by atoms with Gasteiger partial charge in [0, 0.05) is 23.6 Å². The third kappa shape index (κ3) is 2.72. The number of aromatic nitrogens is 1. The number of carbonyl (C=O) groups excluding carboxylic acids is 1. The Morgan fingerprint density at radius 3 is 2.40 bits per heavy atom. The first-order valence-corrected chi connectivity index (χ1v) is 8.67. The lowest BCUT2D eigenvalue weighted by Crippen LogP contribution is -2.32. The largest absolute Gasteiger partial charge is 0.377 e. The molecule has 0 spiro atoms. The van der Waals surface area contributed by atoms with E-state index < -0.39 is 0 Å². The van der Waals surface area contributed by atoms with Gasteiger partial charge in [-0.05, 0) is 41.3 Å². The minimum atomic E-state index is -0.246.